The molecule has 0 radical (unpaired) electrons. The predicted octanol–water partition coefficient (Wildman–Crippen LogP) is 2.29. The maximum Gasteiger partial charge on any atom is 0.293 e. The van der Waals surface area contributed by atoms with Crippen LogP contribution >= 0.6 is 0 Å². The predicted molar refractivity (Wildman–Crippen MR) is 64.2 cm³/mol. The second-order valence-electron chi connectivity index (χ2n) is 3.65. The summed E-state index contributed by atoms with van der Waals surface area (Å²) < 4.78 is 9.62. The van der Waals surface area contributed by atoms with E-state index in [9.17, 15) is 9.90 Å². The number of rotatable bonds is 2. The molecule has 0 spiro atoms. The third-order valence-corrected chi connectivity index (χ3v) is 2.38. The Hall–Kier alpha value is -1.71. The summed E-state index contributed by atoms with van der Waals surface area (Å²) in [6, 6.07) is 5.35. The molecule has 4 heteroatoms. The molecule has 1 aromatic rings. The lowest BCUT2D eigenvalue weighted by molar-refractivity contribution is -0.128. The lowest BCUT2D eigenvalue weighted by Gasteiger charge is -2.06. The Kier molecular flexibility index (Phi) is 5.93. The van der Waals surface area contributed by atoms with Crippen molar-refractivity contribution in [1.82, 2.24) is 0 Å². The number of carbonyl (C=O) groups is 1. The van der Waals surface area contributed by atoms with Gasteiger partial charge in [-0.1, -0.05) is 6.07 Å². The van der Waals surface area contributed by atoms with E-state index in [2.05, 4.69) is 4.74 Å². The summed E-state index contributed by atoms with van der Waals surface area (Å²) >= 11 is 0. The summed E-state index contributed by atoms with van der Waals surface area (Å²) in [5, 5.41) is 9.20. The zero-order chi connectivity index (χ0) is 12.5. The van der Waals surface area contributed by atoms with Crippen LogP contribution in [0.5, 0.6) is 11.5 Å². The summed E-state index contributed by atoms with van der Waals surface area (Å²) in [6.07, 6.45) is 3.35. The molecule has 2 rings (SSSR count). The molecule has 0 amide bonds. The first-order chi connectivity index (χ1) is 8.27. The van der Waals surface area contributed by atoms with Gasteiger partial charge in [-0.05, 0) is 37.8 Å². The van der Waals surface area contributed by atoms with Gasteiger partial charge in [0.05, 0.1) is 13.2 Å². The molecule has 1 aliphatic rings. The highest BCUT2D eigenvalue weighted by Gasteiger charge is 2.08. The molecule has 1 heterocycles. The number of benzene rings is 1. The van der Waals surface area contributed by atoms with Crippen LogP contribution in [0.4, 0.5) is 0 Å². The highest BCUT2D eigenvalue weighted by Crippen LogP contribution is 2.27. The Labute approximate surface area is 101 Å². The molecule has 0 unspecified atom stereocenters. The average molecular weight is 238 g/mol. The van der Waals surface area contributed by atoms with E-state index in [0.717, 1.165) is 25.2 Å². The second-order valence-corrected chi connectivity index (χ2v) is 3.65. The fourth-order valence-corrected chi connectivity index (χ4v) is 1.55. The van der Waals surface area contributed by atoms with Crippen LogP contribution in [0.1, 0.15) is 25.3 Å². The monoisotopic (exact) mass is 238 g/mol. The number of phenolic OH excluding ortho intramolecular Hbond substituents is 1. The minimum Gasteiger partial charge on any atom is -0.508 e. The first-order valence-electron chi connectivity index (χ1n) is 5.78. The minimum absolute atomic E-state index is 0.288. The highest BCUT2D eigenvalue weighted by molar-refractivity contribution is 5.40. The second kappa shape index (κ2) is 7.54. The van der Waals surface area contributed by atoms with Gasteiger partial charge in [-0.3, -0.25) is 4.79 Å². The van der Waals surface area contributed by atoms with Crippen molar-refractivity contribution in [2.75, 3.05) is 13.2 Å². The largest absolute Gasteiger partial charge is 0.508 e. The summed E-state index contributed by atoms with van der Waals surface area (Å²) in [5.74, 6) is 1.14. The first-order valence-corrected chi connectivity index (χ1v) is 5.78. The van der Waals surface area contributed by atoms with Crippen LogP contribution in [-0.4, -0.2) is 24.8 Å². The molecular formula is C13H18O4. The molecular weight excluding hydrogens is 220 g/mol. The number of hydrogen-bond acceptors (Lipinski definition) is 4. The maximum atomic E-state index is 9.20. The SMILES string of the molecule is CCOC=O.Oc1ccc2c(c1)OCCCC2. The van der Waals surface area contributed by atoms with E-state index in [4.69, 9.17) is 4.74 Å². The van der Waals surface area contributed by atoms with E-state index >= 15 is 0 Å². The van der Waals surface area contributed by atoms with Gasteiger partial charge in [0.2, 0.25) is 0 Å². The topological polar surface area (TPSA) is 55.8 Å². The van der Waals surface area contributed by atoms with Crippen LogP contribution in [0, 0.1) is 0 Å². The standard InChI is InChI=1S/C10H12O2.C3H6O2/c11-9-5-4-8-3-1-2-6-12-10(8)7-9;1-2-5-3-4/h4-5,7,11H,1-3,6H2;3H,2H2,1H3. The van der Waals surface area contributed by atoms with Crippen LogP contribution in [0.3, 0.4) is 0 Å². The van der Waals surface area contributed by atoms with Crippen molar-refractivity contribution in [1.29, 1.82) is 0 Å². The van der Waals surface area contributed by atoms with Crippen molar-refractivity contribution in [3.05, 3.63) is 23.8 Å². The number of phenols is 1. The van der Waals surface area contributed by atoms with Crippen molar-refractivity contribution in [2.45, 2.75) is 26.2 Å². The maximum absolute atomic E-state index is 9.20. The van der Waals surface area contributed by atoms with Gasteiger partial charge in [0.15, 0.2) is 0 Å². The summed E-state index contributed by atoms with van der Waals surface area (Å²) in [5.41, 5.74) is 1.21. The van der Waals surface area contributed by atoms with E-state index < -0.39 is 0 Å². The van der Waals surface area contributed by atoms with Crippen molar-refractivity contribution in [2.24, 2.45) is 0 Å². The van der Waals surface area contributed by atoms with Gasteiger partial charge in [-0.25, -0.2) is 0 Å². The van der Waals surface area contributed by atoms with Gasteiger partial charge >= 0.3 is 0 Å². The van der Waals surface area contributed by atoms with Crippen molar-refractivity contribution in [3.8, 4) is 11.5 Å². The average Bonchev–Trinajstić information content (AvgIpc) is 2.55. The molecule has 0 aromatic heterocycles. The third kappa shape index (κ3) is 4.76. The van der Waals surface area contributed by atoms with Crippen molar-refractivity contribution >= 4 is 6.47 Å². The molecule has 4 nitrogen and oxygen atoms in total. The molecule has 1 aliphatic heterocycles. The Morgan fingerprint density at radius 2 is 2.29 bits per heavy atom. The smallest absolute Gasteiger partial charge is 0.293 e. The third-order valence-electron chi connectivity index (χ3n) is 2.38. The van der Waals surface area contributed by atoms with Crippen LogP contribution in [0.15, 0.2) is 18.2 Å². The van der Waals surface area contributed by atoms with Crippen LogP contribution in [0.2, 0.25) is 0 Å². The van der Waals surface area contributed by atoms with E-state index in [0.29, 0.717) is 13.1 Å². The summed E-state index contributed by atoms with van der Waals surface area (Å²) in [7, 11) is 0. The summed E-state index contributed by atoms with van der Waals surface area (Å²) in [6.45, 7) is 3.44. The quantitative estimate of drug-likeness (QED) is 0.803. The normalized spacial score (nSPS) is 13.2. The van der Waals surface area contributed by atoms with Gasteiger partial charge in [0, 0.05) is 6.07 Å². The fourth-order valence-electron chi connectivity index (χ4n) is 1.55. The molecule has 0 fully saturated rings. The van der Waals surface area contributed by atoms with Gasteiger partial charge in [0.1, 0.15) is 11.5 Å². The van der Waals surface area contributed by atoms with Crippen molar-refractivity contribution < 1.29 is 19.4 Å². The van der Waals surface area contributed by atoms with E-state index in [1.54, 1.807) is 19.1 Å². The van der Waals surface area contributed by atoms with E-state index in [1.165, 1.54) is 12.0 Å². The number of fused-ring (bicyclic) bond motifs is 1. The van der Waals surface area contributed by atoms with E-state index in [-0.39, 0.29) is 5.75 Å². The molecule has 1 N–H and O–H groups in total. The van der Waals surface area contributed by atoms with Crippen molar-refractivity contribution in [3.63, 3.8) is 0 Å². The Balaban J connectivity index is 0.000000249. The number of aromatic hydroxyl groups is 1. The fraction of sp³-hybridized carbons (Fsp3) is 0.462. The number of hydrogen-bond donors (Lipinski definition) is 1. The number of ether oxygens (including phenoxy) is 2. The lowest BCUT2D eigenvalue weighted by Crippen LogP contribution is -1.94. The molecule has 0 atom stereocenters. The Morgan fingerprint density at radius 1 is 1.47 bits per heavy atom. The summed E-state index contributed by atoms with van der Waals surface area (Å²) in [4.78, 5) is 9.18. The Bertz CT molecular complexity index is 349. The number of carbonyl (C=O) groups excluding carboxylic acids is 1. The highest BCUT2D eigenvalue weighted by atomic mass is 16.5. The molecule has 0 aliphatic carbocycles. The van der Waals surface area contributed by atoms with Gasteiger partial charge in [-0.2, -0.15) is 0 Å². The molecule has 0 saturated heterocycles. The molecule has 0 bridgehead atoms. The van der Waals surface area contributed by atoms with Gasteiger partial charge < -0.3 is 14.6 Å². The van der Waals surface area contributed by atoms with Crippen LogP contribution < -0.4 is 4.74 Å². The lowest BCUT2D eigenvalue weighted by atomic mass is 10.1. The van der Waals surface area contributed by atoms with Gasteiger partial charge in [0.25, 0.3) is 6.47 Å². The number of aryl methyl sites for hydroxylation is 1. The van der Waals surface area contributed by atoms with E-state index in [1.807, 2.05) is 6.07 Å². The minimum atomic E-state index is 0.288. The van der Waals surface area contributed by atoms with Crippen LogP contribution in [0.25, 0.3) is 0 Å². The zero-order valence-corrected chi connectivity index (χ0v) is 10.0. The molecule has 94 valence electrons. The molecule has 17 heavy (non-hydrogen) atoms. The van der Waals surface area contributed by atoms with Crippen LogP contribution in [-0.2, 0) is 16.0 Å². The van der Waals surface area contributed by atoms with Gasteiger partial charge in [-0.15, -0.1) is 0 Å². The molecule has 0 saturated carbocycles. The first kappa shape index (κ1) is 13.4. The molecule has 1 aromatic carbocycles. The Morgan fingerprint density at radius 3 is 2.94 bits per heavy atom. The zero-order valence-electron chi connectivity index (χ0n) is 10.0.